The molecule has 0 amide bonds. The van der Waals surface area contributed by atoms with E-state index in [0.29, 0.717) is 17.5 Å². The molecule has 0 spiro atoms. The standard InChI is InChI=1S/C29H28NO5P/c1-5-16-33-28(31)24-15-14-23-13-12-22(17-25(23)18-24)20-36(35-26-10-8-7-9-11-26)30-27(6-2)29(32)34-19-21(3)4/h2,5,7-15,17-18,21H,1,16,19-20H2,3-4H3/b30-27+. The zero-order valence-electron chi connectivity index (χ0n) is 20.3. The summed E-state index contributed by atoms with van der Waals surface area (Å²) < 4.78 is 21.0. The SMILES string of the molecule is C#C/C(=N\P(Cc1ccc2ccc(C(=O)OCC=C)cc2c1)Oc1ccccc1)C(=O)OCC(C)C. The number of ether oxygens (including phenoxy) is 2. The average molecular weight is 502 g/mol. The van der Waals surface area contributed by atoms with Gasteiger partial charge in [-0.2, -0.15) is 0 Å². The maximum atomic E-state index is 12.5. The fraction of sp³-hybridized carbons (Fsp3) is 0.207. The molecule has 0 saturated heterocycles. The lowest BCUT2D eigenvalue weighted by Crippen LogP contribution is -2.18. The topological polar surface area (TPSA) is 74.2 Å². The van der Waals surface area contributed by atoms with Gasteiger partial charge in [-0.25, -0.2) is 14.4 Å². The Balaban J connectivity index is 1.89. The molecule has 3 rings (SSSR count). The van der Waals surface area contributed by atoms with Crippen LogP contribution in [-0.4, -0.2) is 30.9 Å². The van der Waals surface area contributed by atoms with Gasteiger partial charge in [0.2, 0.25) is 14.0 Å². The summed E-state index contributed by atoms with van der Waals surface area (Å²) >= 11 is 0. The summed E-state index contributed by atoms with van der Waals surface area (Å²) in [5, 5.41) is 1.84. The predicted octanol–water partition coefficient (Wildman–Crippen LogP) is 6.35. The molecular weight excluding hydrogens is 473 g/mol. The van der Waals surface area contributed by atoms with E-state index in [4.69, 9.17) is 20.4 Å². The molecule has 3 aromatic rings. The second-order valence-electron chi connectivity index (χ2n) is 8.28. The van der Waals surface area contributed by atoms with Crippen molar-refractivity contribution in [2.24, 2.45) is 10.7 Å². The van der Waals surface area contributed by atoms with Crippen LogP contribution >= 0.6 is 8.30 Å². The van der Waals surface area contributed by atoms with E-state index in [1.54, 1.807) is 12.1 Å². The van der Waals surface area contributed by atoms with Crippen LogP contribution in [0.15, 0.2) is 84.1 Å². The first-order chi connectivity index (χ1) is 17.4. The first kappa shape index (κ1) is 26.7. The number of fused-ring (bicyclic) bond motifs is 1. The van der Waals surface area contributed by atoms with Gasteiger partial charge in [-0.15, -0.1) is 6.42 Å². The van der Waals surface area contributed by atoms with Crippen molar-refractivity contribution in [2.45, 2.75) is 20.0 Å². The molecule has 36 heavy (non-hydrogen) atoms. The number of rotatable bonds is 11. The maximum Gasteiger partial charge on any atom is 0.365 e. The molecule has 1 atom stereocenters. The Labute approximate surface area is 212 Å². The second kappa shape index (κ2) is 13.2. The van der Waals surface area contributed by atoms with Crippen LogP contribution in [0.25, 0.3) is 10.8 Å². The molecule has 0 aliphatic carbocycles. The Kier molecular flexibility index (Phi) is 9.80. The first-order valence-corrected chi connectivity index (χ1v) is 12.8. The highest BCUT2D eigenvalue weighted by molar-refractivity contribution is 7.51. The Morgan fingerprint density at radius 2 is 1.81 bits per heavy atom. The smallest absolute Gasteiger partial charge is 0.365 e. The normalized spacial score (nSPS) is 12.0. The first-order valence-electron chi connectivity index (χ1n) is 11.4. The fourth-order valence-corrected chi connectivity index (χ4v) is 4.55. The summed E-state index contributed by atoms with van der Waals surface area (Å²) in [6.45, 7) is 7.84. The molecule has 0 N–H and O–H groups in total. The van der Waals surface area contributed by atoms with Crippen molar-refractivity contribution < 1.29 is 23.6 Å². The van der Waals surface area contributed by atoms with Crippen LogP contribution in [0.5, 0.6) is 5.75 Å². The summed E-state index contributed by atoms with van der Waals surface area (Å²) in [6, 6.07) is 20.5. The Bertz CT molecular complexity index is 1290. The van der Waals surface area contributed by atoms with Crippen LogP contribution in [0, 0.1) is 18.3 Å². The molecule has 0 aliphatic heterocycles. The highest BCUT2D eigenvalue weighted by Crippen LogP contribution is 2.44. The van der Waals surface area contributed by atoms with Crippen molar-refractivity contribution in [1.82, 2.24) is 0 Å². The third kappa shape index (κ3) is 7.80. The quantitative estimate of drug-likeness (QED) is 0.101. The maximum absolute atomic E-state index is 12.5. The van der Waals surface area contributed by atoms with Gasteiger partial charge in [0.15, 0.2) is 0 Å². The summed E-state index contributed by atoms with van der Waals surface area (Å²) in [5.41, 5.74) is 1.26. The third-order valence-corrected chi connectivity index (χ3v) is 6.31. The Hall–Kier alpha value is -3.94. The molecule has 7 heteroatoms. The number of hydrogen-bond acceptors (Lipinski definition) is 6. The number of benzene rings is 3. The van der Waals surface area contributed by atoms with Crippen LogP contribution in [0.3, 0.4) is 0 Å². The summed E-state index contributed by atoms with van der Waals surface area (Å²) in [4.78, 5) is 24.7. The molecule has 0 radical (unpaired) electrons. The van der Waals surface area contributed by atoms with Crippen LogP contribution < -0.4 is 4.52 Å². The lowest BCUT2D eigenvalue weighted by molar-refractivity contribution is -0.136. The minimum atomic E-state index is -1.56. The second-order valence-corrected chi connectivity index (χ2v) is 9.69. The van der Waals surface area contributed by atoms with E-state index in [-0.39, 0.29) is 24.8 Å². The minimum Gasteiger partial charge on any atom is -0.460 e. The van der Waals surface area contributed by atoms with E-state index in [0.717, 1.165) is 16.3 Å². The fourth-order valence-electron chi connectivity index (χ4n) is 3.14. The zero-order chi connectivity index (χ0) is 25.9. The molecule has 184 valence electrons. The van der Waals surface area contributed by atoms with Crippen molar-refractivity contribution >= 4 is 36.7 Å². The van der Waals surface area contributed by atoms with E-state index in [9.17, 15) is 9.59 Å². The van der Waals surface area contributed by atoms with Crippen molar-refractivity contribution in [3.05, 3.63) is 90.5 Å². The van der Waals surface area contributed by atoms with Crippen molar-refractivity contribution in [2.75, 3.05) is 13.2 Å². The van der Waals surface area contributed by atoms with E-state index in [1.807, 2.05) is 68.4 Å². The lowest BCUT2D eigenvalue weighted by atomic mass is 10.0. The molecule has 0 aromatic heterocycles. The van der Waals surface area contributed by atoms with Gasteiger partial charge >= 0.3 is 11.9 Å². The number of nitrogens with zero attached hydrogens (tertiary/aromatic N) is 1. The van der Waals surface area contributed by atoms with Crippen LogP contribution in [0.1, 0.15) is 29.8 Å². The van der Waals surface area contributed by atoms with Gasteiger partial charge < -0.3 is 14.0 Å². The number of esters is 2. The third-order valence-electron chi connectivity index (χ3n) is 4.83. The number of terminal acetylenes is 1. The van der Waals surface area contributed by atoms with Crippen LogP contribution in [0.2, 0.25) is 0 Å². The van der Waals surface area contributed by atoms with Gasteiger partial charge in [0.05, 0.1) is 12.2 Å². The number of carbonyl (C=O) groups is 2. The molecule has 0 bridgehead atoms. The summed E-state index contributed by atoms with van der Waals surface area (Å²) in [5.74, 6) is 2.08. The monoisotopic (exact) mass is 501 g/mol. The number of hydrogen-bond donors (Lipinski definition) is 0. The van der Waals surface area contributed by atoms with Crippen LogP contribution in [0.4, 0.5) is 0 Å². The van der Waals surface area contributed by atoms with Gasteiger partial charge in [-0.1, -0.05) is 69.0 Å². The summed E-state index contributed by atoms with van der Waals surface area (Å²) in [7, 11) is -1.56. The van der Waals surface area contributed by atoms with Gasteiger partial charge in [0.1, 0.15) is 12.4 Å². The van der Waals surface area contributed by atoms with Crippen LogP contribution in [-0.2, 0) is 20.4 Å². The molecule has 0 saturated carbocycles. The van der Waals surface area contributed by atoms with Gasteiger partial charge in [-0.05, 0) is 52.4 Å². The highest BCUT2D eigenvalue weighted by Gasteiger charge is 2.19. The van der Waals surface area contributed by atoms with E-state index < -0.39 is 20.2 Å². The largest absolute Gasteiger partial charge is 0.460 e. The van der Waals surface area contributed by atoms with Gasteiger partial charge in [-0.3, -0.25) is 0 Å². The number of para-hydroxylation sites is 1. The van der Waals surface area contributed by atoms with Crippen molar-refractivity contribution in [3.63, 3.8) is 0 Å². The molecule has 1 unspecified atom stereocenters. The molecular formula is C29H28NO5P. The molecule has 0 heterocycles. The molecule has 0 fully saturated rings. The van der Waals surface area contributed by atoms with E-state index in [1.165, 1.54) is 6.08 Å². The minimum absolute atomic E-state index is 0.106. The Morgan fingerprint density at radius 3 is 2.50 bits per heavy atom. The van der Waals surface area contributed by atoms with Gasteiger partial charge in [0.25, 0.3) is 0 Å². The number of carbonyl (C=O) groups excluding carboxylic acids is 2. The molecule has 0 aliphatic rings. The van der Waals surface area contributed by atoms with Gasteiger partial charge in [0, 0.05) is 6.16 Å². The zero-order valence-corrected chi connectivity index (χ0v) is 21.2. The summed E-state index contributed by atoms with van der Waals surface area (Å²) in [6.07, 6.45) is 7.51. The highest BCUT2D eigenvalue weighted by atomic mass is 31.2. The van der Waals surface area contributed by atoms with Crippen molar-refractivity contribution in [3.8, 4) is 18.1 Å². The van der Waals surface area contributed by atoms with Crippen molar-refractivity contribution in [1.29, 1.82) is 0 Å². The Morgan fingerprint density at radius 1 is 1.06 bits per heavy atom. The van der Waals surface area contributed by atoms with E-state index in [2.05, 4.69) is 17.3 Å². The molecule has 6 nitrogen and oxygen atoms in total. The van der Waals surface area contributed by atoms with E-state index >= 15 is 0 Å². The molecule has 3 aromatic carbocycles. The average Bonchev–Trinajstić information content (AvgIpc) is 2.88. The predicted molar refractivity (Wildman–Crippen MR) is 144 cm³/mol. The lowest BCUT2D eigenvalue weighted by Gasteiger charge is -2.15.